The predicted molar refractivity (Wildman–Crippen MR) is 69.2 cm³/mol. The van der Waals surface area contributed by atoms with Gasteiger partial charge in [-0.2, -0.15) is 0 Å². The van der Waals surface area contributed by atoms with E-state index in [9.17, 15) is 14.7 Å². The van der Waals surface area contributed by atoms with Gasteiger partial charge in [-0.05, 0) is 31.0 Å². The minimum Gasteiger partial charge on any atom is -0.478 e. The second-order valence-corrected chi connectivity index (χ2v) is 4.41. The molecule has 96 valence electrons. The molecule has 1 saturated heterocycles. The highest BCUT2D eigenvalue weighted by Crippen LogP contribution is 2.27. The fourth-order valence-corrected chi connectivity index (χ4v) is 2.22. The van der Waals surface area contributed by atoms with Gasteiger partial charge in [-0.15, -0.1) is 0 Å². The van der Waals surface area contributed by atoms with E-state index in [1.165, 1.54) is 13.0 Å². The van der Waals surface area contributed by atoms with E-state index in [1.54, 1.807) is 12.1 Å². The van der Waals surface area contributed by atoms with Crippen molar-refractivity contribution in [3.05, 3.63) is 23.8 Å². The minimum absolute atomic E-state index is 0.208. The molecule has 0 atom stereocenters. The first-order chi connectivity index (χ1) is 8.58. The number of nitrogens with zero attached hydrogens (tertiary/aromatic N) is 1. The fraction of sp³-hybridized carbons (Fsp3) is 0.385. The third kappa shape index (κ3) is 2.61. The van der Waals surface area contributed by atoms with Crippen molar-refractivity contribution in [1.82, 2.24) is 0 Å². The largest absolute Gasteiger partial charge is 0.478 e. The van der Waals surface area contributed by atoms with E-state index in [0.717, 1.165) is 31.6 Å². The van der Waals surface area contributed by atoms with Gasteiger partial charge in [0, 0.05) is 25.7 Å². The molecule has 0 spiro atoms. The first-order valence-corrected chi connectivity index (χ1v) is 5.98. The van der Waals surface area contributed by atoms with Gasteiger partial charge in [-0.3, -0.25) is 4.79 Å². The Kier molecular flexibility index (Phi) is 3.50. The van der Waals surface area contributed by atoms with Gasteiger partial charge < -0.3 is 15.3 Å². The van der Waals surface area contributed by atoms with E-state index in [1.807, 2.05) is 0 Å². The summed E-state index contributed by atoms with van der Waals surface area (Å²) in [5, 5.41) is 11.8. The molecule has 1 heterocycles. The van der Waals surface area contributed by atoms with Crippen LogP contribution in [-0.4, -0.2) is 30.1 Å². The molecule has 2 rings (SSSR count). The molecule has 0 aromatic heterocycles. The van der Waals surface area contributed by atoms with Crippen LogP contribution >= 0.6 is 0 Å². The Labute approximate surface area is 105 Å². The summed E-state index contributed by atoms with van der Waals surface area (Å²) in [6, 6.07) is 5.01. The van der Waals surface area contributed by atoms with E-state index in [-0.39, 0.29) is 11.5 Å². The van der Waals surface area contributed by atoms with Gasteiger partial charge in [0.25, 0.3) is 0 Å². The second kappa shape index (κ2) is 5.08. The van der Waals surface area contributed by atoms with Crippen molar-refractivity contribution < 1.29 is 14.7 Å². The molecular weight excluding hydrogens is 232 g/mol. The summed E-state index contributed by atoms with van der Waals surface area (Å²) in [7, 11) is 0. The maximum atomic E-state index is 11.3. The summed E-state index contributed by atoms with van der Waals surface area (Å²) in [6.45, 7) is 3.17. The number of benzene rings is 1. The summed E-state index contributed by atoms with van der Waals surface area (Å²) < 4.78 is 0. The number of hydrogen-bond acceptors (Lipinski definition) is 3. The van der Waals surface area contributed by atoms with Gasteiger partial charge in [0.05, 0.1) is 11.3 Å². The van der Waals surface area contributed by atoms with Crippen LogP contribution in [0.5, 0.6) is 0 Å². The van der Waals surface area contributed by atoms with Crippen LogP contribution in [0.1, 0.15) is 30.1 Å². The zero-order valence-corrected chi connectivity index (χ0v) is 10.3. The van der Waals surface area contributed by atoms with Gasteiger partial charge in [-0.25, -0.2) is 4.79 Å². The first kappa shape index (κ1) is 12.4. The van der Waals surface area contributed by atoms with Crippen molar-refractivity contribution in [3.8, 4) is 0 Å². The molecule has 0 saturated carbocycles. The highest BCUT2D eigenvalue weighted by molar-refractivity contribution is 5.97. The lowest BCUT2D eigenvalue weighted by Gasteiger charge is -2.20. The predicted octanol–water partition coefficient (Wildman–Crippen LogP) is 1.94. The molecule has 1 amide bonds. The van der Waals surface area contributed by atoms with Crippen molar-refractivity contribution in [2.75, 3.05) is 23.3 Å². The van der Waals surface area contributed by atoms with Crippen LogP contribution < -0.4 is 10.2 Å². The lowest BCUT2D eigenvalue weighted by atomic mass is 10.1. The fourth-order valence-electron chi connectivity index (χ4n) is 2.22. The van der Waals surface area contributed by atoms with E-state index in [2.05, 4.69) is 10.2 Å². The number of carboxylic acid groups (broad SMARTS) is 1. The zero-order chi connectivity index (χ0) is 13.1. The molecule has 1 fully saturated rings. The number of rotatable bonds is 3. The molecule has 2 N–H and O–H groups in total. The summed E-state index contributed by atoms with van der Waals surface area (Å²) in [5.74, 6) is -1.18. The number of carboxylic acids is 1. The second-order valence-electron chi connectivity index (χ2n) is 4.41. The molecule has 1 aromatic carbocycles. The number of anilines is 2. The number of nitrogens with one attached hydrogen (secondary N) is 1. The lowest BCUT2D eigenvalue weighted by molar-refractivity contribution is -0.114. The maximum Gasteiger partial charge on any atom is 0.337 e. The van der Waals surface area contributed by atoms with Crippen molar-refractivity contribution in [3.63, 3.8) is 0 Å². The molecule has 0 unspecified atom stereocenters. The quantitative estimate of drug-likeness (QED) is 0.857. The SMILES string of the molecule is CC(=O)Nc1ccc(N2CCCC2)c(C(=O)O)c1. The van der Waals surface area contributed by atoms with E-state index in [4.69, 9.17) is 0 Å². The Morgan fingerprint density at radius 3 is 2.50 bits per heavy atom. The van der Waals surface area contributed by atoms with Gasteiger partial charge in [-0.1, -0.05) is 0 Å². The van der Waals surface area contributed by atoms with Crippen molar-refractivity contribution in [2.45, 2.75) is 19.8 Å². The highest BCUT2D eigenvalue weighted by atomic mass is 16.4. The Hall–Kier alpha value is -2.04. The number of amides is 1. The topological polar surface area (TPSA) is 69.6 Å². The minimum atomic E-state index is -0.968. The summed E-state index contributed by atoms with van der Waals surface area (Å²) in [4.78, 5) is 24.3. The number of aromatic carboxylic acids is 1. The lowest BCUT2D eigenvalue weighted by Crippen LogP contribution is -2.21. The molecule has 1 aliphatic heterocycles. The summed E-state index contributed by atoms with van der Waals surface area (Å²) in [6.07, 6.45) is 2.18. The maximum absolute atomic E-state index is 11.3. The smallest absolute Gasteiger partial charge is 0.337 e. The molecule has 0 radical (unpaired) electrons. The monoisotopic (exact) mass is 248 g/mol. The number of carbonyl (C=O) groups is 2. The van der Waals surface area contributed by atoms with E-state index in [0.29, 0.717) is 5.69 Å². The van der Waals surface area contributed by atoms with Crippen LogP contribution in [-0.2, 0) is 4.79 Å². The van der Waals surface area contributed by atoms with E-state index >= 15 is 0 Å². The standard InChI is InChI=1S/C13H16N2O3/c1-9(16)14-10-4-5-12(11(8-10)13(17)18)15-6-2-3-7-15/h4-5,8H,2-3,6-7H2,1H3,(H,14,16)(H,17,18). The summed E-state index contributed by atoms with van der Waals surface area (Å²) >= 11 is 0. The average Bonchev–Trinajstić information content (AvgIpc) is 2.81. The molecule has 1 aromatic rings. The van der Waals surface area contributed by atoms with Gasteiger partial charge in [0.2, 0.25) is 5.91 Å². The van der Waals surface area contributed by atoms with Crippen LogP contribution in [0.25, 0.3) is 0 Å². The molecule has 1 aliphatic rings. The molecular formula is C13H16N2O3. The number of carbonyl (C=O) groups excluding carboxylic acids is 1. The van der Waals surface area contributed by atoms with Crippen LogP contribution in [0, 0.1) is 0 Å². The van der Waals surface area contributed by atoms with Gasteiger partial charge in [0.1, 0.15) is 0 Å². The molecule has 0 aliphatic carbocycles. The van der Waals surface area contributed by atoms with Crippen molar-refractivity contribution in [2.24, 2.45) is 0 Å². The average molecular weight is 248 g/mol. The Balaban J connectivity index is 2.34. The molecule has 5 nitrogen and oxygen atoms in total. The third-order valence-corrected chi connectivity index (χ3v) is 2.99. The van der Waals surface area contributed by atoms with Gasteiger partial charge in [0.15, 0.2) is 0 Å². The van der Waals surface area contributed by atoms with Crippen molar-refractivity contribution in [1.29, 1.82) is 0 Å². The van der Waals surface area contributed by atoms with Gasteiger partial charge >= 0.3 is 5.97 Å². The van der Waals surface area contributed by atoms with Crippen LogP contribution in [0.15, 0.2) is 18.2 Å². The first-order valence-electron chi connectivity index (χ1n) is 5.98. The van der Waals surface area contributed by atoms with Crippen LogP contribution in [0.3, 0.4) is 0 Å². The Morgan fingerprint density at radius 1 is 1.28 bits per heavy atom. The Bertz CT molecular complexity index is 479. The zero-order valence-electron chi connectivity index (χ0n) is 10.3. The third-order valence-electron chi connectivity index (χ3n) is 2.99. The van der Waals surface area contributed by atoms with Crippen LogP contribution in [0.4, 0.5) is 11.4 Å². The molecule has 0 bridgehead atoms. The van der Waals surface area contributed by atoms with Crippen molar-refractivity contribution >= 4 is 23.3 Å². The van der Waals surface area contributed by atoms with Crippen LogP contribution in [0.2, 0.25) is 0 Å². The van der Waals surface area contributed by atoms with E-state index < -0.39 is 5.97 Å². The molecule has 5 heteroatoms. The highest BCUT2D eigenvalue weighted by Gasteiger charge is 2.19. The Morgan fingerprint density at radius 2 is 1.94 bits per heavy atom. The summed E-state index contributed by atoms with van der Waals surface area (Å²) in [5.41, 5.74) is 1.49. The number of hydrogen-bond donors (Lipinski definition) is 2. The molecule has 18 heavy (non-hydrogen) atoms. The normalized spacial score (nSPS) is 14.6.